The van der Waals surface area contributed by atoms with Crippen molar-refractivity contribution in [3.63, 3.8) is 0 Å². The number of carbonyl (C=O) groups excluding carboxylic acids is 3. The van der Waals surface area contributed by atoms with Crippen molar-refractivity contribution in [2.75, 3.05) is 19.6 Å². The summed E-state index contributed by atoms with van der Waals surface area (Å²) in [6.45, 7) is 4.19. The van der Waals surface area contributed by atoms with E-state index in [9.17, 15) is 14.4 Å². The first-order valence-electron chi connectivity index (χ1n) is 13.1. The van der Waals surface area contributed by atoms with Gasteiger partial charge in [0.15, 0.2) is 0 Å². The fourth-order valence-electron chi connectivity index (χ4n) is 5.25. The second-order valence-corrected chi connectivity index (χ2v) is 10.0. The van der Waals surface area contributed by atoms with Gasteiger partial charge in [0.05, 0.1) is 12.2 Å². The van der Waals surface area contributed by atoms with Gasteiger partial charge in [-0.1, -0.05) is 42.7 Å². The van der Waals surface area contributed by atoms with Gasteiger partial charge in [0.1, 0.15) is 0 Å². The van der Waals surface area contributed by atoms with E-state index in [1.165, 1.54) is 5.56 Å². The molecule has 1 aromatic carbocycles. The van der Waals surface area contributed by atoms with Gasteiger partial charge in [0.25, 0.3) is 0 Å². The average Bonchev–Trinajstić information content (AvgIpc) is 3.55. The molecule has 4 rings (SSSR count). The maximum Gasteiger partial charge on any atom is 0.317 e. The molecule has 1 saturated carbocycles. The zero-order chi connectivity index (χ0) is 25.3. The summed E-state index contributed by atoms with van der Waals surface area (Å²) in [5, 5.41) is 9.12. The third-order valence-electron chi connectivity index (χ3n) is 7.34. The van der Waals surface area contributed by atoms with Crippen molar-refractivity contribution in [2.45, 2.75) is 64.5 Å². The maximum absolute atomic E-state index is 13.4. The number of hydrogen-bond donors (Lipinski definition) is 4. The molecule has 4 amide bonds. The fraction of sp³-hybridized carbons (Fsp3) is 0.556. The molecule has 4 N–H and O–H groups in total. The summed E-state index contributed by atoms with van der Waals surface area (Å²) in [4.78, 5) is 48.4. The molecule has 1 aromatic heterocycles. The van der Waals surface area contributed by atoms with Crippen LogP contribution in [0.4, 0.5) is 4.79 Å². The Morgan fingerprint density at radius 1 is 1.08 bits per heavy atom. The van der Waals surface area contributed by atoms with Crippen molar-refractivity contribution in [1.29, 1.82) is 0 Å². The Morgan fingerprint density at radius 2 is 1.89 bits per heavy atom. The van der Waals surface area contributed by atoms with Gasteiger partial charge in [-0.15, -0.1) is 0 Å². The molecule has 36 heavy (non-hydrogen) atoms. The first kappa shape index (κ1) is 25.7. The lowest BCUT2D eigenvalue weighted by atomic mass is 10.0. The summed E-state index contributed by atoms with van der Waals surface area (Å²) in [5.41, 5.74) is 3.16. The van der Waals surface area contributed by atoms with E-state index in [2.05, 4.69) is 25.9 Å². The molecule has 1 aliphatic heterocycles. The number of urea groups is 1. The molecule has 0 spiro atoms. The Morgan fingerprint density at radius 3 is 2.67 bits per heavy atom. The maximum atomic E-state index is 13.4. The molecular formula is C27H38N6O3. The van der Waals surface area contributed by atoms with Gasteiger partial charge in [0.2, 0.25) is 11.8 Å². The van der Waals surface area contributed by atoms with Crippen molar-refractivity contribution in [3.05, 3.63) is 53.6 Å². The molecule has 1 saturated heterocycles. The van der Waals surface area contributed by atoms with Crippen molar-refractivity contribution >= 4 is 17.8 Å². The van der Waals surface area contributed by atoms with Gasteiger partial charge in [-0.25, -0.2) is 9.78 Å². The van der Waals surface area contributed by atoms with Crippen LogP contribution < -0.4 is 16.0 Å². The van der Waals surface area contributed by atoms with Crippen molar-refractivity contribution < 1.29 is 14.4 Å². The van der Waals surface area contributed by atoms with Crippen LogP contribution in [0.25, 0.3) is 0 Å². The van der Waals surface area contributed by atoms with Gasteiger partial charge in [0, 0.05) is 56.5 Å². The minimum absolute atomic E-state index is 0.0500. The third kappa shape index (κ3) is 6.86. The smallest absolute Gasteiger partial charge is 0.317 e. The molecule has 2 aliphatic rings. The standard InChI is InChI=1S/C27H38N6O3/c1-19-6-8-20(9-7-19)16-31-27(36)33-13-5-3-2-4-11-29-26(35)23-14-21(15-24(23)33)25(34)30-12-10-22-17-28-18-32-22/h6-9,17-18,21,23-24H,2-5,10-16H2,1H3,(H,28,32)(H,29,35)(H,30,34)(H,31,36)/t21-,23-,24+/m1/s1. The average molecular weight is 495 g/mol. The van der Waals surface area contributed by atoms with Crippen LogP contribution in [0.5, 0.6) is 0 Å². The molecule has 1 aliphatic carbocycles. The van der Waals surface area contributed by atoms with Crippen LogP contribution in [0, 0.1) is 18.8 Å². The number of benzene rings is 1. The van der Waals surface area contributed by atoms with E-state index in [0.717, 1.165) is 36.9 Å². The lowest BCUT2D eigenvalue weighted by Gasteiger charge is -2.32. The molecule has 9 heteroatoms. The summed E-state index contributed by atoms with van der Waals surface area (Å²) in [5.74, 6) is -0.799. The topological polar surface area (TPSA) is 119 Å². The van der Waals surface area contributed by atoms with Gasteiger partial charge < -0.3 is 25.8 Å². The quantitative estimate of drug-likeness (QED) is 0.494. The highest BCUT2D eigenvalue weighted by Crippen LogP contribution is 2.36. The first-order chi connectivity index (χ1) is 17.5. The molecule has 2 aromatic rings. The van der Waals surface area contributed by atoms with Gasteiger partial charge in [-0.3, -0.25) is 9.59 Å². The number of rotatable bonds is 6. The number of aryl methyl sites for hydroxylation is 1. The Labute approximate surface area is 212 Å². The number of imidazole rings is 1. The second-order valence-electron chi connectivity index (χ2n) is 10.0. The molecule has 2 heterocycles. The minimum Gasteiger partial charge on any atom is -0.356 e. The van der Waals surface area contributed by atoms with Gasteiger partial charge in [-0.05, 0) is 38.2 Å². The summed E-state index contributed by atoms with van der Waals surface area (Å²) in [6.07, 6.45) is 8.82. The zero-order valence-corrected chi connectivity index (χ0v) is 21.1. The Hall–Kier alpha value is -3.36. The highest BCUT2D eigenvalue weighted by Gasteiger charge is 2.45. The van der Waals surface area contributed by atoms with E-state index in [-0.39, 0.29) is 29.8 Å². The van der Waals surface area contributed by atoms with E-state index >= 15 is 0 Å². The second kappa shape index (κ2) is 12.6. The van der Waals surface area contributed by atoms with Crippen molar-refractivity contribution in [1.82, 2.24) is 30.8 Å². The number of hydrogen-bond acceptors (Lipinski definition) is 4. The lowest BCUT2D eigenvalue weighted by molar-refractivity contribution is -0.126. The largest absolute Gasteiger partial charge is 0.356 e. The molecule has 9 nitrogen and oxygen atoms in total. The summed E-state index contributed by atoms with van der Waals surface area (Å²) in [6, 6.07) is 7.61. The van der Waals surface area contributed by atoms with Crippen LogP contribution in [0.1, 0.15) is 55.3 Å². The summed E-state index contributed by atoms with van der Waals surface area (Å²) < 4.78 is 0. The van der Waals surface area contributed by atoms with Crippen LogP contribution in [-0.4, -0.2) is 58.4 Å². The van der Waals surface area contributed by atoms with E-state index in [0.29, 0.717) is 45.4 Å². The van der Waals surface area contributed by atoms with E-state index in [4.69, 9.17) is 0 Å². The van der Waals surface area contributed by atoms with Crippen LogP contribution in [-0.2, 0) is 22.6 Å². The van der Waals surface area contributed by atoms with E-state index in [1.807, 2.05) is 36.1 Å². The number of aromatic nitrogens is 2. The molecule has 0 bridgehead atoms. The Balaban J connectivity index is 1.43. The molecule has 194 valence electrons. The molecule has 0 radical (unpaired) electrons. The number of aromatic amines is 1. The summed E-state index contributed by atoms with van der Waals surface area (Å²) in [7, 11) is 0. The number of nitrogens with zero attached hydrogens (tertiary/aromatic N) is 2. The normalized spacial score (nSPS) is 22.8. The SMILES string of the molecule is Cc1ccc(CNC(=O)N2CCCCCCNC(=O)[C@@H]3C[C@@H](C(=O)NCCc4cnc[nH]4)C[C@@H]32)cc1. The highest BCUT2D eigenvalue weighted by molar-refractivity contribution is 5.85. The number of nitrogens with one attached hydrogen (secondary N) is 4. The molecule has 3 atom stereocenters. The predicted octanol–water partition coefficient (Wildman–Crippen LogP) is 2.67. The van der Waals surface area contributed by atoms with Crippen LogP contribution >= 0.6 is 0 Å². The fourth-order valence-corrected chi connectivity index (χ4v) is 5.25. The minimum atomic E-state index is -0.392. The van der Waals surface area contributed by atoms with E-state index in [1.54, 1.807) is 12.5 Å². The van der Waals surface area contributed by atoms with Gasteiger partial charge in [-0.2, -0.15) is 0 Å². The molecule has 0 unspecified atom stereocenters. The number of carbonyl (C=O) groups is 3. The van der Waals surface area contributed by atoms with Gasteiger partial charge >= 0.3 is 6.03 Å². The van der Waals surface area contributed by atoms with E-state index < -0.39 is 5.92 Å². The van der Waals surface area contributed by atoms with Crippen LogP contribution in [0.15, 0.2) is 36.8 Å². The molecule has 2 fully saturated rings. The van der Waals surface area contributed by atoms with Crippen molar-refractivity contribution in [3.8, 4) is 0 Å². The van der Waals surface area contributed by atoms with Crippen molar-refractivity contribution in [2.24, 2.45) is 11.8 Å². The number of amides is 4. The highest BCUT2D eigenvalue weighted by atomic mass is 16.2. The number of fused-ring (bicyclic) bond motifs is 1. The predicted molar refractivity (Wildman–Crippen MR) is 137 cm³/mol. The lowest BCUT2D eigenvalue weighted by Crippen LogP contribution is -2.50. The Kier molecular flexibility index (Phi) is 8.97. The monoisotopic (exact) mass is 494 g/mol. The van der Waals surface area contributed by atoms with Crippen LogP contribution in [0.2, 0.25) is 0 Å². The number of H-pyrrole nitrogens is 1. The molecular weight excluding hydrogens is 456 g/mol. The third-order valence-corrected chi connectivity index (χ3v) is 7.34. The first-order valence-corrected chi connectivity index (χ1v) is 13.1. The zero-order valence-electron chi connectivity index (χ0n) is 21.1. The summed E-state index contributed by atoms with van der Waals surface area (Å²) >= 11 is 0. The van der Waals surface area contributed by atoms with Crippen LogP contribution in [0.3, 0.4) is 0 Å². The Bertz CT molecular complexity index is 1010.